The van der Waals surface area contributed by atoms with Crippen LogP contribution in [0.25, 0.3) is 0 Å². The second-order valence-corrected chi connectivity index (χ2v) is 5.83. The molecule has 0 aliphatic heterocycles. The maximum atomic E-state index is 12.5. The molecule has 126 valence electrons. The van der Waals surface area contributed by atoms with E-state index in [1.165, 1.54) is 5.56 Å². The summed E-state index contributed by atoms with van der Waals surface area (Å²) in [6.07, 6.45) is 1.82. The molecule has 0 saturated heterocycles. The number of methoxy groups -OCH3 is 1. The third-order valence-electron chi connectivity index (χ3n) is 4.14. The van der Waals surface area contributed by atoms with Gasteiger partial charge in [-0.05, 0) is 54.3 Å². The molecule has 3 rings (SSSR count). The predicted octanol–water partition coefficient (Wildman–Crippen LogP) is 4.73. The maximum absolute atomic E-state index is 12.5. The molecule has 0 aliphatic rings. The van der Waals surface area contributed by atoms with Crippen molar-refractivity contribution >= 4 is 11.6 Å². The summed E-state index contributed by atoms with van der Waals surface area (Å²) in [6.45, 7) is 0. The molecule has 0 aromatic heterocycles. The van der Waals surface area contributed by atoms with E-state index < -0.39 is 0 Å². The first-order chi connectivity index (χ1) is 12.3. The molecule has 3 aromatic rings. The van der Waals surface area contributed by atoms with Crippen molar-refractivity contribution in [2.24, 2.45) is 0 Å². The minimum Gasteiger partial charge on any atom is -0.497 e. The number of nitrogens with one attached hydrogen (secondary N) is 1. The molecule has 0 aliphatic carbocycles. The fourth-order valence-corrected chi connectivity index (χ4v) is 2.72. The van der Waals surface area contributed by atoms with Gasteiger partial charge in [-0.1, -0.05) is 48.5 Å². The number of hydrogen-bond donors (Lipinski definition) is 1. The van der Waals surface area contributed by atoms with E-state index in [2.05, 4.69) is 23.5 Å². The molecular weight excluding hydrogens is 310 g/mol. The molecule has 0 spiro atoms. The molecular formula is C22H21NO2. The Morgan fingerprint density at radius 2 is 1.52 bits per heavy atom. The highest BCUT2D eigenvalue weighted by Crippen LogP contribution is 2.19. The first-order valence-corrected chi connectivity index (χ1v) is 8.33. The molecule has 3 nitrogen and oxygen atoms in total. The highest BCUT2D eigenvalue weighted by atomic mass is 16.5. The standard InChI is InChI=1S/C22H21NO2/c1-25-20-15-13-19(14-16-20)22(24)23-21-10-6-5-9-18(21)12-11-17-7-3-2-4-8-17/h2-10,13-16H,11-12H2,1H3,(H,23,24). The molecule has 1 amide bonds. The van der Waals surface area contributed by atoms with E-state index in [4.69, 9.17) is 4.74 Å². The number of aryl methyl sites for hydroxylation is 2. The first-order valence-electron chi connectivity index (χ1n) is 8.33. The molecule has 1 N–H and O–H groups in total. The summed E-state index contributed by atoms with van der Waals surface area (Å²) >= 11 is 0. The number of para-hydroxylation sites is 1. The number of carbonyl (C=O) groups excluding carboxylic acids is 1. The Kier molecular flexibility index (Phi) is 5.47. The summed E-state index contributed by atoms with van der Waals surface area (Å²) in [7, 11) is 1.61. The van der Waals surface area contributed by atoms with Crippen LogP contribution in [0.15, 0.2) is 78.9 Å². The Morgan fingerprint density at radius 3 is 2.24 bits per heavy atom. The average Bonchev–Trinajstić information content (AvgIpc) is 2.68. The van der Waals surface area contributed by atoms with Crippen molar-refractivity contribution in [3.8, 4) is 5.75 Å². The molecule has 0 heterocycles. The van der Waals surface area contributed by atoms with Crippen LogP contribution in [0.4, 0.5) is 5.69 Å². The Balaban J connectivity index is 1.70. The van der Waals surface area contributed by atoms with E-state index in [1.807, 2.05) is 36.4 Å². The predicted molar refractivity (Wildman–Crippen MR) is 101 cm³/mol. The highest BCUT2D eigenvalue weighted by Gasteiger charge is 2.09. The van der Waals surface area contributed by atoms with Crippen LogP contribution < -0.4 is 10.1 Å². The monoisotopic (exact) mass is 331 g/mol. The van der Waals surface area contributed by atoms with E-state index in [0.29, 0.717) is 5.56 Å². The van der Waals surface area contributed by atoms with Crippen molar-refractivity contribution in [2.45, 2.75) is 12.8 Å². The number of benzene rings is 3. The third kappa shape index (κ3) is 4.48. The van der Waals surface area contributed by atoms with Gasteiger partial charge in [0.25, 0.3) is 5.91 Å². The summed E-state index contributed by atoms with van der Waals surface area (Å²) < 4.78 is 5.13. The zero-order chi connectivity index (χ0) is 17.5. The van der Waals surface area contributed by atoms with Crippen molar-refractivity contribution in [2.75, 3.05) is 12.4 Å². The van der Waals surface area contributed by atoms with Crippen LogP contribution in [0.2, 0.25) is 0 Å². The van der Waals surface area contributed by atoms with Crippen molar-refractivity contribution in [1.82, 2.24) is 0 Å². The Hall–Kier alpha value is -3.07. The fourth-order valence-electron chi connectivity index (χ4n) is 2.72. The van der Waals surface area contributed by atoms with Crippen molar-refractivity contribution in [1.29, 1.82) is 0 Å². The number of amides is 1. The summed E-state index contributed by atoms with van der Waals surface area (Å²) in [5, 5.41) is 3.02. The minimum atomic E-state index is -0.116. The lowest BCUT2D eigenvalue weighted by molar-refractivity contribution is 0.102. The SMILES string of the molecule is COc1ccc(C(=O)Nc2ccccc2CCc2ccccc2)cc1. The molecule has 0 radical (unpaired) electrons. The van der Waals surface area contributed by atoms with E-state index >= 15 is 0 Å². The van der Waals surface area contributed by atoms with E-state index in [1.54, 1.807) is 31.4 Å². The second kappa shape index (κ2) is 8.15. The summed E-state index contributed by atoms with van der Waals surface area (Å²) in [6, 6.07) is 25.4. The molecule has 0 fully saturated rings. The number of rotatable bonds is 6. The van der Waals surface area contributed by atoms with Crippen molar-refractivity contribution in [3.05, 3.63) is 95.6 Å². The van der Waals surface area contributed by atoms with Crippen molar-refractivity contribution in [3.63, 3.8) is 0 Å². The maximum Gasteiger partial charge on any atom is 0.255 e. The molecule has 0 atom stereocenters. The van der Waals surface area contributed by atoms with Gasteiger partial charge >= 0.3 is 0 Å². The Bertz CT molecular complexity index is 826. The fraction of sp³-hybridized carbons (Fsp3) is 0.136. The van der Waals surface area contributed by atoms with Crippen LogP contribution in [-0.4, -0.2) is 13.0 Å². The number of hydrogen-bond acceptors (Lipinski definition) is 2. The lowest BCUT2D eigenvalue weighted by Gasteiger charge is -2.11. The molecule has 3 aromatic carbocycles. The van der Waals surface area contributed by atoms with Crippen LogP contribution in [0.1, 0.15) is 21.5 Å². The molecule has 3 heteroatoms. The lowest BCUT2D eigenvalue weighted by Crippen LogP contribution is -2.13. The van der Waals surface area contributed by atoms with Gasteiger partial charge in [0.1, 0.15) is 5.75 Å². The normalized spacial score (nSPS) is 10.3. The topological polar surface area (TPSA) is 38.3 Å². The van der Waals surface area contributed by atoms with Gasteiger partial charge in [0, 0.05) is 11.3 Å². The van der Waals surface area contributed by atoms with Gasteiger partial charge in [0.2, 0.25) is 0 Å². The van der Waals surface area contributed by atoms with E-state index in [0.717, 1.165) is 29.8 Å². The van der Waals surface area contributed by atoms with Gasteiger partial charge in [0.15, 0.2) is 0 Å². The Morgan fingerprint density at radius 1 is 0.840 bits per heavy atom. The molecule has 0 unspecified atom stereocenters. The van der Waals surface area contributed by atoms with Gasteiger partial charge in [-0.3, -0.25) is 4.79 Å². The smallest absolute Gasteiger partial charge is 0.255 e. The Labute approximate surface area is 148 Å². The first kappa shape index (κ1) is 16.8. The molecule has 0 bridgehead atoms. The van der Waals surface area contributed by atoms with Crippen LogP contribution >= 0.6 is 0 Å². The third-order valence-corrected chi connectivity index (χ3v) is 4.14. The summed E-state index contributed by atoms with van der Waals surface area (Å²) in [4.78, 5) is 12.5. The molecule has 25 heavy (non-hydrogen) atoms. The summed E-state index contributed by atoms with van der Waals surface area (Å²) in [5.74, 6) is 0.620. The molecule has 0 saturated carbocycles. The average molecular weight is 331 g/mol. The van der Waals surface area contributed by atoms with E-state index in [-0.39, 0.29) is 5.91 Å². The number of ether oxygens (including phenoxy) is 1. The lowest BCUT2D eigenvalue weighted by atomic mass is 10.0. The van der Waals surface area contributed by atoms with E-state index in [9.17, 15) is 4.79 Å². The second-order valence-electron chi connectivity index (χ2n) is 5.83. The van der Waals surface area contributed by atoms with Gasteiger partial charge in [0.05, 0.1) is 7.11 Å². The minimum absolute atomic E-state index is 0.116. The largest absolute Gasteiger partial charge is 0.497 e. The van der Waals surface area contributed by atoms with Crippen LogP contribution in [0.5, 0.6) is 5.75 Å². The van der Waals surface area contributed by atoms with Crippen LogP contribution in [0.3, 0.4) is 0 Å². The van der Waals surface area contributed by atoms with Gasteiger partial charge < -0.3 is 10.1 Å². The van der Waals surface area contributed by atoms with Crippen LogP contribution in [-0.2, 0) is 12.8 Å². The van der Waals surface area contributed by atoms with Crippen molar-refractivity contribution < 1.29 is 9.53 Å². The summed E-state index contributed by atoms with van der Waals surface area (Å²) in [5.41, 5.74) is 3.89. The van der Waals surface area contributed by atoms with Gasteiger partial charge in [-0.25, -0.2) is 0 Å². The number of anilines is 1. The van der Waals surface area contributed by atoms with Crippen LogP contribution in [0, 0.1) is 0 Å². The highest BCUT2D eigenvalue weighted by molar-refractivity contribution is 6.04. The zero-order valence-corrected chi connectivity index (χ0v) is 14.2. The zero-order valence-electron chi connectivity index (χ0n) is 14.2. The van der Waals surface area contributed by atoms with Gasteiger partial charge in [-0.15, -0.1) is 0 Å². The number of carbonyl (C=O) groups is 1. The van der Waals surface area contributed by atoms with Gasteiger partial charge in [-0.2, -0.15) is 0 Å². The quantitative estimate of drug-likeness (QED) is 0.709.